The molecule has 2 saturated heterocycles. The zero-order chi connectivity index (χ0) is 18.4. The monoisotopic (exact) mass is 359 g/mol. The molecule has 1 aromatic rings. The normalized spacial score (nSPS) is 21.3. The molecule has 2 heterocycles. The first-order valence-electron chi connectivity index (χ1n) is 9.58. The molecule has 2 aliphatic rings. The number of hydrogen-bond acceptors (Lipinski definition) is 4. The number of nitrogens with zero attached hydrogens (tertiary/aromatic N) is 2. The van der Waals surface area contributed by atoms with Gasteiger partial charge >= 0.3 is 6.09 Å². The Labute approximate surface area is 155 Å². The number of likely N-dealkylation sites (N-methyl/N-ethyl adjacent to an activating group) is 1. The average molecular weight is 359 g/mol. The molecule has 2 fully saturated rings. The van der Waals surface area contributed by atoms with Gasteiger partial charge in [-0.25, -0.2) is 4.79 Å². The van der Waals surface area contributed by atoms with E-state index in [9.17, 15) is 9.59 Å². The predicted molar refractivity (Wildman–Crippen MR) is 99.6 cm³/mol. The van der Waals surface area contributed by atoms with Crippen LogP contribution in [0.3, 0.4) is 0 Å². The Bertz CT molecular complexity index is 594. The number of rotatable bonds is 4. The van der Waals surface area contributed by atoms with Crippen LogP contribution in [0.2, 0.25) is 0 Å². The second kappa shape index (κ2) is 9.03. The van der Waals surface area contributed by atoms with Gasteiger partial charge in [0.05, 0.1) is 0 Å². The van der Waals surface area contributed by atoms with E-state index >= 15 is 0 Å². The van der Waals surface area contributed by atoms with E-state index in [1.165, 1.54) is 0 Å². The summed E-state index contributed by atoms with van der Waals surface area (Å²) in [6.45, 7) is 3.38. The molecule has 0 spiro atoms. The lowest BCUT2D eigenvalue weighted by Gasteiger charge is -2.37. The van der Waals surface area contributed by atoms with Crippen molar-refractivity contribution in [2.75, 3.05) is 33.2 Å². The second-order valence-electron chi connectivity index (χ2n) is 7.25. The predicted octanol–water partition coefficient (Wildman–Crippen LogP) is 2.25. The van der Waals surface area contributed by atoms with E-state index in [0.717, 1.165) is 31.5 Å². The summed E-state index contributed by atoms with van der Waals surface area (Å²) in [6, 6.07) is 9.97. The van der Waals surface area contributed by atoms with Crippen molar-refractivity contribution in [3.05, 3.63) is 35.9 Å². The number of benzene rings is 1. The van der Waals surface area contributed by atoms with Gasteiger partial charge in [-0.15, -0.1) is 0 Å². The van der Waals surface area contributed by atoms with Crippen molar-refractivity contribution in [2.45, 2.75) is 38.3 Å². The summed E-state index contributed by atoms with van der Waals surface area (Å²) in [4.78, 5) is 28.6. The highest BCUT2D eigenvalue weighted by molar-refractivity contribution is 5.79. The van der Waals surface area contributed by atoms with Crippen LogP contribution >= 0.6 is 0 Å². The molecular weight excluding hydrogens is 330 g/mol. The number of hydrogen-bond donors (Lipinski definition) is 1. The van der Waals surface area contributed by atoms with E-state index in [0.29, 0.717) is 32.0 Å². The van der Waals surface area contributed by atoms with Gasteiger partial charge in [-0.1, -0.05) is 30.3 Å². The molecule has 142 valence electrons. The minimum atomic E-state index is -0.287. The van der Waals surface area contributed by atoms with Gasteiger partial charge in [-0.3, -0.25) is 4.79 Å². The number of carbonyl (C=O) groups is 2. The fourth-order valence-electron chi connectivity index (χ4n) is 3.75. The molecule has 0 aromatic heterocycles. The lowest BCUT2D eigenvalue weighted by atomic mass is 9.94. The number of amides is 2. The van der Waals surface area contributed by atoms with E-state index in [1.807, 2.05) is 42.3 Å². The standard InChI is InChI=1S/C20H29N3O3/c1-22(18-8-5-11-21-14-18)19(24)17-9-12-23(13-10-17)20(25)26-15-16-6-3-2-4-7-16/h2-4,6-7,17-18,21H,5,8-15H2,1H3/t18-/m0/s1. The summed E-state index contributed by atoms with van der Waals surface area (Å²) in [5.41, 5.74) is 0.980. The maximum atomic E-state index is 12.7. The summed E-state index contributed by atoms with van der Waals surface area (Å²) in [6.07, 6.45) is 3.33. The molecule has 6 nitrogen and oxygen atoms in total. The fraction of sp³-hybridized carbons (Fsp3) is 0.600. The minimum Gasteiger partial charge on any atom is -0.445 e. The number of ether oxygens (including phenoxy) is 1. The number of piperidine rings is 2. The third-order valence-electron chi connectivity index (χ3n) is 5.47. The van der Waals surface area contributed by atoms with Crippen LogP contribution in [0, 0.1) is 5.92 Å². The van der Waals surface area contributed by atoms with Gasteiger partial charge in [0.1, 0.15) is 6.61 Å². The largest absolute Gasteiger partial charge is 0.445 e. The van der Waals surface area contributed by atoms with Gasteiger partial charge < -0.3 is 19.9 Å². The maximum absolute atomic E-state index is 12.7. The van der Waals surface area contributed by atoms with E-state index < -0.39 is 0 Å². The molecule has 2 amide bonds. The third-order valence-corrected chi connectivity index (χ3v) is 5.47. The van der Waals surface area contributed by atoms with Crippen LogP contribution in [0.5, 0.6) is 0 Å². The molecule has 1 N–H and O–H groups in total. The summed E-state index contributed by atoms with van der Waals surface area (Å²) in [5, 5.41) is 3.36. The first kappa shape index (κ1) is 18.7. The van der Waals surface area contributed by atoms with Crippen LogP contribution in [0.4, 0.5) is 4.79 Å². The maximum Gasteiger partial charge on any atom is 0.410 e. The smallest absolute Gasteiger partial charge is 0.410 e. The van der Waals surface area contributed by atoms with Crippen LogP contribution in [-0.2, 0) is 16.1 Å². The van der Waals surface area contributed by atoms with E-state index in [2.05, 4.69) is 5.32 Å². The van der Waals surface area contributed by atoms with Crippen molar-refractivity contribution >= 4 is 12.0 Å². The minimum absolute atomic E-state index is 0.0140. The van der Waals surface area contributed by atoms with Crippen molar-refractivity contribution in [3.8, 4) is 0 Å². The molecule has 0 unspecified atom stereocenters. The van der Waals surface area contributed by atoms with Crippen molar-refractivity contribution in [1.29, 1.82) is 0 Å². The van der Waals surface area contributed by atoms with E-state index in [1.54, 1.807) is 4.90 Å². The Hall–Kier alpha value is -2.08. The molecule has 1 aromatic carbocycles. The van der Waals surface area contributed by atoms with Crippen LogP contribution < -0.4 is 5.32 Å². The summed E-state index contributed by atoms with van der Waals surface area (Å²) in [7, 11) is 1.92. The Balaban J connectivity index is 1.43. The molecule has 3 rings (SSSR count). The van der Waals surface area contributed by atoms with Gasteiger partial charge in [-0.2, -0.15) is 0 Å². The van der Waals surface area contributed by atoms with Crippen molar-refractivity contribution < 1.29 is 14.3 Å². The number of nitrogens with one attached hydrogen (secondary N) is 1. The van der Waals surface area contributed by atoms with E-state index in [-0.39, 0.29) is 24.5 Å². The Kier molecular flexibility index (Phi) is 6.50. The van der Waals surface area contributed by atoms with Crippen LogP contribution in [0.25, 0.3) is 0 Å². The molecular formula is C20H29N3O3. The molecule has 26 heavy (non-hydrogen) atoms. The van der Waals surface area contributed by atoms with Crippen molar-refractivity contribution in [2.24, 2.45) is 5.92 Å². The van der Waals surface area contributed by atoms with Gasteiger partial charge in [0, 0.05) is 38.6 Å². The molecule has 2 aliphatic heterocycles. The Morgan fingerprint density at radius 3 is 2.58 bits per heavy atom. The SMILES string of the molecule is CN(C(=O)C1CCN(C(=O)OCc2ccccc2)CC1)[C@H]1CCCNC1. The van der Waals surface area contributed by atoms with E-state index in [4.69, 9.17) is 4.74 Å². The Morgan fingerprint density at radius 2 is 1.92 bits per heavy atom. The van der Waals surface area contributed by atoms with Gasteiger partial charge in [0.2, 0.25) is 5.91 Å². The lowest BCUT2D eigenvalue weighted by Crippen LogP contribution is -2.50. The first-order valence-corrected chi connectivity index (χ1v) is 9.58. The van der Waals surface area contributed by atoms with Crippen LogP contribution in [-0.4, -0.2) is 61.1 Å². The summed E-state index contributed by atoms with van der Waals surface area (Å²) >= 11 is 0. The highest BCUT2D eigenvalue weighted by atomic mass is 16.6. The number of likely N-dealkylation sites (tertiary alicyclic amines) is 1. The zero-order valence-corrected chi connectivity index (χ0v) is 15.5. The van der Waals surface area contributed by atoms with Gasteiger partial charge in [0.15, 0.2) is 0 Å². The molecule has 6 heteroatoms. The molecule has 1 atom stereocenters. The zero-order valence-electron chi connectivity index (χ0n) is 15.5. The molecule has 0 saturated carbocycles. The summed E-state index contributed by atoms with van der Waals surface area (Å²) in [5.74, 6) is 0.233. The second-order valence-corrected chi connectivity index (χ2v) is 7.25. The molecule has 0 radical (unpaired) electrons. The topological polar surface area (TPSA) is 61.9 Å². The lowest BCUT2D eigenvalue weighted by molar-refractivity contribution is -0.138. The van der Waals surface area contributed by atoms with Gasteiger partial charge in [0.25, 0.3) is 0 Å². The Morgan fingerprint density at radius 1 is 1.19 bits per heavy atom. The summed E-state index contributed by atoms with van der Waals surface area (Å²) < 4.78 is 5.39. The average Bonchev–Trinajstić information content (AvgIpc) is 2.72. The number of carbonyl (C=O) groups excluding carboxylic acids is 2. The van der Waals surface area contributed by atoms with Crippen LogP contribution in [0.15, 0.2) is 30.3 Å². The highest BCUT2D eigenvalue weighted by Gasteiger charge is 2.32. The van der Waals surface area contributed by atoms with Crippen LogP contribution in [0.1, 0.15) is 31.2 Å². The molecule has 0 bridgehead atoms. The quantitative estimate of drug-likeness (QED) is 0.896. The fourth-order valence-corrected chi connectivity index (χ4v) is 3.75. The first-order chi connectivity index (χ1) is 12.6. The highest BCUT2D eigenvalue weighted by Crippen LogP contribution is 2.22. The van der Waals surface area contributed by atoms with Gasteiger partial charge in [-0.05, 0) is 37.8 Å². The van der Waals surface area contributed by atoms with Crippen molar-refractivity contribution in [3.63, 3.8) is 0 Å². The third kappa shape index (κ3) is 4.75. The molecule has 0 aliphatic carbocycles. The van der Waals surface area contributed by atoms with Crippen molar-refractivity contribution in [1.82, 2.24) is 15.1 Å².